The summed E-state index contributed by atoms with van der Waals surface area (Å²) in [6, 6.07) is 4.55. The summed E-state index contributed by atoms with van der Waals surface area (Å²) >= 11 is 0. The molecule has 0 radical (unpaired) electrons. The number of carbonyl (C=O) groups excluding carboxylic acids is 1. The molecule has 0 aliphatic carbocycles. The predicted molar refractivity (Wildman–Crippen MR) is 84.0 cm³/mol. The number of aliphatic carboxylic acids is 1. The first-order chi connectivity index (χ1) is 11.5. The average Bonchev–Trinajstić information content (AvgIpc) is 2.94. The Bertz CT molecular complexity index is 643. The van der Waals surface area contributed by atoms with Gasteiger partial charge in [-0.2, -0.15) is 0 Å². The minimum Gasteiger partial charge on any atom is -0.480 e. The van der Waals surface area contributed by atoms with Gasteiger partial charge in [0, 0.05) is 25.9 Å². The molecule has 2 aliphatic rings. The van der Waals surface area contributed by atoms with E-state index in [4.69, 9.17) is 4.74 Å². The highest BCUT2D eigenvalue weighted by atomic mass is 19.1. The molecule has 0 bridgehead atoms. The second-order valence-corrected chi connectivity index (χ2v) is 6.20. The Kier molecular flexibility index (Phi) is 4.56. The van der Waals surface area contributed by atoms with Crippen molar-refractivity contribution in [1.29, 1.82) is 0 Å². The van der Waals surface area contributed by atoms with Gasteiger partial charge in [-0.25, -0.2) is 9.18 Å². The van der Waals surface area contributed by atoms with E-state index in [0.717, 1.165) is 6.54 Å². The van der Waals surface area contributed by atoms with E-state index in [1.807, 2.05) is 0 Å². The highest BCUT2D eigenvalue weighted by Gasteiger charge is 2.54. The van der Waals surface area contributed by atoms with Crippen molar-refractivity contribution in [2.75, 3.05) is 26.2 Å². The van der Waals surface area contributed by atoms with Gasteiger partial charge in [-0.1, -0.05) is 19.1 Å². The third-order valence-corrected chi connectivity index (χ3v) is 4.95. The Labute approximate surface area is 139 Å². The van der Waals surface area contributed by atoms with Gasteiger partial charge in [-0.05, 0) is 18.7 Å². The molecule has 24 heavy (non-hydrogen) atoms. The molecule has 1 amide bonds. The molecule has 6 nitrogen and oxygen atoms in total. The highest BCUT2D eigenvalue weighted by Crippen LogP contribution is 2.38. The number of hydrogen-bond donors (Lipinski definition) is 1. The van der Waals surface area contributed by atoms with Gasteiger partial charge in [0.15, 0.2) is 6.04 Å². The van der Waals surface area contributed by atoms with Crippen LogP contribution in [0.1, 0.15) is 30.1 Å². The fraction of sp³-hybridized carbons (Fsp3) is 0.529. The van der Waals surface area contributed by atoms with Gasteiger partial charge in [-0.15, -0.1) is 0 Å². The van der Waals surface area contributed by atoms with Crippen molar-refractivity contribution >= 4 is 11.9 Å². The molecule has 1 aromatic carbocycles. The number of hydrogen-bond acceptors (Lipinski definition) is 4. The molecule has 2 fully saturated rings. The zero-order valence-corrected chi connectivity index (χ0v) is 13.6. The maximum Gasteiger partial charge on any atom is 0.328 e. The maximum atomic E-state index is 14.0. The number of ether oxygens (including phenoxy) is 1. The van der Waals surface area contributed by atoms with Crippen molar-refractivity contribution in [1.82, 2.24) is 9.80 Å². The van der Waals surface area contributed by atoms with E-state index in [0.29, 0.717) is 25.9 Å². The number of halogens is 1. The van der Waals surface area contributed by atoms with Crippen LogP contribution in [0, 0.1) is 5.82 Å². The largest absolute Gasteiger partial charge is 0.480 e. The zero-order valence-electron chi connectivity index (χ0n) is 13.6. The first-order valence-corrected chi connectivity index (χ1v) is 8.16. The highest BCUT2D eigenvalue weighted by molar-refractivity contribution is 5.97. The van der Waals surface area contributed by atoms with Gasteiger partial charge in [0.2, 0.25) is 0 Å². The van der Waals surface area contributed by atoms with Crippen LogP contribution in [0.3, 0.4) is 0 Å². The van der Waals surface area contributed by atoms with Crippen LogP contribution >= 0.6 is 0 Å². The molecular weight excluding hydrogens is 315 g/mol. The third-order valence-electron chi connectivity index (χ3n) is 4.95. The van der Waals surface area contributed by atoms with Crippen molar-refractivity contribution in [2.45, 2.75) is 31.5 Å². The summed E-state index contributed by atoms with van der Waals surface area (Å²) in [6.07, 6.45) is 1.04. The molecule has 130 valence electrons. The van der Waals surface area contributed by atoms with Crippen LogP contribution in [0.2, 0.25) is 0 Å². The van der Waals surface area contributed by atoms with E-state index < -0.39 is 29.5 Å². The molecule has 7 heteroatoms. The lowest BCUT2D eigenvalue weighted by Gasteiger charge is -2.44. The predicted octanol–water partition coefficient (Wildman–Crippen LogP) is 1.56. The monoisotopic (exact) mass is 336 g/mol. The van der Waals surface area contributed by atoms with E-state index in [1.165, 1.54) is 23.1 Å². The minimum atomic E-state index is -1.13. The van der Waals surface area contributed by atoms with Gasteiger partial charge in [-0.3, -0.25) is 9.69 Å². The number of carbonyl (C=O) groups is 2. The molecule has 1 aromatic rings. The quantitative estimate of drug-likeness (QED) is 0.907. The summed E-state index contributed by atoms with van der Waals surface area (Å²) in [5, 5.41) is 9.48. The van der Waals surface area contributed by atoms with Crippen LogP contribution in [0.15, 0.2) is 24.3 Å². The Morgan fingerprint density at radius 1 is 1.33 bits per heavy atom. The number of carboxylic acids is 1. The summed E-state index contributed by atoms with van der Waals surface area (Å²) in [5.74, 6) is -2.41. The maximum absolute atomic E-state index is 14.0. The van der Waals surface area contributed by atoms with Crippen molar-refractivity contribution in [2.24, 2.45) is 0 Å². The summed E-state index contributed by atoms with van der Waals surface area (Å²) in [6.45, 7) is 4.30. The first kappa shape index (κ1) is 16.9. The lowest BCUT2D eigenvalue weighted by atomic mass is 9.96. The molecular formula is C17H21FN2O4. The molecule has 2 saturated heterocycles. The van der Waals surface area contributed by atoms with E-state index in [-0.39, 0.29) is 12.2 Å². The first-order valence-electron chi connectivity index (χ1n) is 8.16. The minimum absolute atomic E-state index is 0.0678. The zero-order chi connectivity index (χ0) is 17.3. The molecule has 0 saturated carbocycles. The Balaban J connectivity index is 1.94. The van der Waals surface area contributed by atoms with E-state index in [9.17, 15) is 19.1 Å². The SMILES string of the molecule is CCN1CCC2(CC1)OCC(C(=O)O)N2C(=O)c1ccccc1F. The van der Waals surface area contributed by atoms with Crippen LogP contribution in [-0.2, 0) is 9.53 Å². The summed E-state index contributed by atoms with van der Waals surface area (Å²) < 4.78 is 19.9. The molecule has 1 spiro atoms. The third kappa shape index (κ3) is 2.78. The number of carboxylic acid groups (broad SMARTS) is 1. The lowest BCUT2D eigenvalue weighted by Crippen LogP contribution is -2.58. The molecule has 1 unspecified atom stereocenters. The van der Waals surface area contributed by atoms with Crippen LogP contribution in [0.4, 0.5) is 4.39 Å². The van der Waals surface area contributed by atoms with Gasteiger partial charge < -0.3 is 14.7 Å². The van der Waals surface area contributed by atoms with Crippen LogP contribution in [-0.4, -0.2) is 64.8 Å². The van der Waals surface area contributed by atoms with Gasteiger partial charge in [0.1, 0.15) is 11.5 Å². The Morgan fingerprint density at radius 2 is 2.00 bits per heavy atom. The van der Waals surface area contributed by atoms with E-state index in [2.05, 4.69) is 11.8 Å². The average molecular weight is 336 g/mol. The molecule has 2 heterocycles. The van der Waals surface area contributed by atoms with Crippen molar-refractivity contribution in [3.63, 3.8) is 0 Å². The second-order valence-electron chi connectivity index (χ2n) is 6.20. The lowest BCUT2D eigenvalue weighted by molar-refractivity contribution is -0.143. The Morgan fingerprint density at radius 3 is 2.58 bits per heavy atom. The molecule has 1 N–H and O–H groups in total. The molecule has 1 atom stereocenters. The van der Waals surface area contributed by atoms with Crippen molar-refractivity contribution < 1.29 is 23.8 Å². The van der Waals surface area contributed by atoms with E-state index in [1.54, 1.807) is 6.07 Å². The van der Waals surface area contributed by atoms with Crippen molar-refractivity contribution in [3.05, 3.63) is 35.6 Å². The summed E-state index contributed by atoms with van der Waals surface area (Å²) in [5.41, 5.74) is -1.08. The normalized spacial score (nSPS) is 23.6. The summed E-state index contributed by atoms with van der Waals surface area (Å²) in [4.78, 5) is 28.0. The second kappa shape index (κ2) is 6.49. The number of benzene rings is 1. The number of piperidine rings is 1. The van der Waals surface area contributed by atoms with Gasteiger partial charge in [0.05, 0.1) is 12.2 Å². The number of likely N-dealkylation sites (tertiary alicyclic amines) is 1. The number of rotatable bonds is 3. The smallest absolute Gasteiger partial charge is 0.328 e. The Hall–Kier alpha value is -1.99. The topological polar surface area (TPSA) is 70.1 Å². The van der Waals surface area contributed by atoms with Gasteiger partial charge >= 0.3 is 5.97 Å². The molecule has 2 aliphatic heterocycles. The number of amides is 1. The number of nitrogens with zero attached hydrogens (tertiary/aromatic N) is 2. The fourth-order valence-corrected chi connectivity index (χ4v) is 3.54. The van der Waals surface area contributed by atoms with Crippen LogP contribution in [0.5, 0.6) is 0 Å². The molecule has 3 rings (SSSR count). The standard InChI is InChI=1S/C17H21FN2O4/c1-2-19-9-7-17(8-10-19)20(14(11-24-17)16(22)23)15(21)12-5-3-4-6-13(12)18/h3-6,14H,2,7-11H2,1H3,(H,22,23). The van der Waals surface area contributed by atoms with Crippen molar-refractivity contribution in [3.8, 4) is 0 Å². The fourth-order valence-electron chi connectivity index (χ4n) is 3.54. The summed E-state index contributed by atoms with van der Waals surface area (Å²) in [7, 11) is 0. The van der Waals surface area contributed by atoms with Crippen LogP contribution in [0.25, 0.3) is 0 Å². The van der Waals surface area contributed by atoms with E-state index >= 15 is 0 Å². The molecule has 0 aromatic heterocycles. The van der Waals surface area contributed by atoms with Gasteiger partial charge in [0.25, 0.3) is 5.91 Å². The van der Waals surface area contributed by atoms with Crippen LogP contribution < -0.4 is 0 Å².